The molecule has 0 radical (unpaired) electrons. The van der Waals surface area contributed by atoms with E-state index in [4.69, 9.17) is 0 Å². The van der Waals surface area contributed by atoms with Gasteiger partial charge < -0.3 is 15.6 Å². The molecule has 0 fully saturated rings. The molecule has 0 aliphatic carbocycles. The number of aromatic nitrogens is 1. The van der Waals surface area contributed by atoms with E-state index in [-0.39, 0.29) is 11.5 Å². The van der Waals surface area contributed by atoms with Gasteiger partial charge in [-0.1, -0.05) is 0 Å². The normalized spacial score (nSPS) is 9.79. The minimum atomic E-state index is -0.211. The molecule has 5 heteroatoms. The summed E-state index contributed by atoms with van der Waals surface area (Å²) in [5.74, 6) is -0.184. The fourth-order valence-corrected chi connectivity index (χ4v) is 0.955. The van der Waals surface area contributed by atoms with Gasteiger partial charge in [-0.2, -0.15) is 0 Å². The summed E-state index contributed by atoms with van der Waals surface area (Å²) in [4.78, 5) is 24.5. The summed E-state index contributed by atoms with van der Waals surface area (Å²) in [5.41, 5.74) is 0.248. The number of hydrogen-bond acceptors (Lipinski definition) is 3. The molecule has 0 saturated heterocycles. The molecule has 0 aromatic carbocycles. The molecule has 3 N–H and O–H groups in total. The van der Waals surface area contributed by atoms with E-state index < -0.39 is 0 Å². The molecule has 1 heterocycles. The Balaban J connectivity index is 2.52. The first kappa shape index (κ1) is 10.5. The van der Waals surface area contributed by atoms with Crippen molar-refractivity contribution in [3.63, 3.8) is 0 Å². The largest absolute Gasteiger partial charge is 0.351 e. The summed E-state index contributed by atoms with van der Waals surface area (Å²) >= 11 is 0. The maximum atomic E-state index is 11.4. The van der Waals surface area contributed by atoms with E-state index >= 15 is 0 Å². The Kier molecular flexibility index (Phi) is 3.87. The summed E-state index contributed by atoms with van der Waals surface area (Å²) in [6.45, 7) is 1.28. The second-order valence-corrected chi connectivity index (χ2v) is 2.80. The van der Waals surface area contributed by atoms with Gasteiger partial charge in [-0.3, -0.25) is 9.59 Å². The fraction of sp³-hybridized carbons (Fsp3) is 0.333. The number of rotatable bonds is 4. The zero-order valence-corrected chi connectivity index (χ0v) is 7.96. The molecule has 0 aliphatic rings. The highest BCUT2D eigenvalue weighted by atomic mass is 16.1. The first-order valence-electron chi connectivity index (χ1n) is 4.35. The molecule has 0 atom stereocenters. The van der Waals surface area contributed by atoms with Crippen LogP contribution in [-0.4, -0.2) is 31.0 Å². The Morgan fingerprint density at radius 3 is 2.79 bits per heavy atom. The zero-order valence-electron chi connectivity index (χ0n) is 7.96. The maximum Gasteiger partial charge on any atom is 0.252 e. The van der Waals surface area contributed by atoms with E-state index in [0.717, 1.165) is 6.54 Å². The van der Waals surface area contributed by atoms with E-state index in [1.54, 1.807) is 0 Å². The zero-order chi connectivity index (χ0) is 10.4. The van der Waals surface area contributed by atoms with E-state index in [2.05, 4.69) is 15.6 Å². The van der Waals surface area contributed by atoms with Gasteiger partial charge in [0.2, 0.25) is 5.56 Å². The van der Waals surface area contributed by atoms with Gasteiger partial charge in [0.05, 0.1) is 5.56 Å². The van der Waals surface area contributed by atoms with Crippen LogP contribution in [0.1, 0.15) is 10.4 Å². The van der Waals surface area contributed by atoms with Crippen LogP contribution < -0.4 is 16.2 Å². The van der Waals surface area contributed by atoms with Gasteiger partial charge in [-0.05, 0) is 13.1 Å². The highest BCUT2D eigenvalue weighted by molar-refractivity contribution is 5.93. The highest BCUT2D eigenvalue weighted by Crippen LogP contribution is 1.91. The van der Waals surface area contributed by atoms with Gasteiger partial charge in [0, 0.05) is 25.4 Å². The van der Waals surface area contributed by atoms with Crippen molar-refractivity contribution in [2.24, 2.45) is 0 Å². The molecular weight excluding hydrogens is 182 g/mol. The molecule has 0 saturated carbocycles. The van der Waals surface area contributed by atoms with Crippen LogP contribution in [0.2, 0.25) is 0 Å². The van der Waals surface area contributed by atoms with Crippen LogP contribution in [0.5, 0.6) is 0 Å². The average molecular weight is 195 g/mol. The smallest absolute Gasteiger partial charge is 0.252 e. The van der Waals surface area contributed by atoms with Crippen LogP contribution in [0.3, 0.4) is 0 Å². The van der Waals surface area contributed by atoms with Crippen LogP contribution in [0.15, 0.2) is 23.1 Å². The molecule has 76 valence electrons. The van der Waals surface area contributed by atoms with Crippen LogP contribution in [0.4, 0.5) is 0 Å². The molecule has 1 aromatic heterocycles. The minimum absolute atomic E-state index is 0.184. The van der Waals surface area contributed by atoms with Crippen LogP contribution >= 0.6 is 0 Å². The van der Waals surface area contributed by atoms with Crippen molar-refractivity contribution in [1.82, 2.24) is 15.6 Å². The molecule has 0 bridgehead atoms. The third kappa shape index (κ3) is 3.02. The fourth-order valence-electron chi connectivity index (χ4n) is 0.955. The SMILES string of the molecule is CNCCNC(=O)c1ccc(=O)[nH]c1. The van der Waals surface area contributed by atoms with Crippen LogP contribution in [0, 0.1) is 0 Å². The third-order valence-corrected chi connectivity index (χ3v) is 1.71. The summed E-state index contributed by atoms with van der Waals surface area (Å²) in [5, 5.41) is 5.61. The number of nitrogens with one attached hydrogen (secondary N) is 3. The number of likely N-dealkylation sites (N-methyl/N-ethyl adjacent to an activating group) is 1. The molecule has 0 aliphatic heterocycles. The molecule has 0 unspecified atom stereocenters. The van der Waals surface area contributed by atoms with Gasteiger partial charge in [0.25, 0.3) is 5.91 Å². The molecule has 14 heavy (non-hydrogen) atoms. The first-order valence-corrected chi connectivity index (χ1v) is 4.35. The monoisotopic (exact) mass is 195 g/mol. The Morgan fingerprint density at radius 2 is 2.21 bits per heavy atom. The number of H-pyrrole nitrogens is 1. The maximum absolute atomic E-state index is 11.4. The van der Waals surface area contributed by atoms with E-state index in [0.29, 0.717) is 12.1 Å². The first-order chi connectivity index (χ1) is 6.74. The van der Waals surface area contributed by atoms with Gasteiger partial charge in [0.1, 0.15) is 0 Å². The standard InChI is InChI=1S/C9H13N3O2/c1-10-4-5-11-9(14)7-2-3-8(13)12-6-7/h2-3,6,10H,4-5H2,1H3,(H,11,14)(H,12,13). The van der Waals surface area contributed by atoms with Crippen molar-refractivity contribution in [3.8, 4) is 0 Å². The van der Waals surface area contributed by atoms with E-state index in [1.165, 1.54) is 18.3 Å². The van der Waals surface area contributed by atoms with Crippen molar-refractivity contribution >= 4 is 5.91 Å². The number of amides is 1. The van der Waals surface area contributed by atoms with Crippen molar-refractivity contribution in [2.45, 2.75) is 0 Å². The predicted molar refractivity (Wildman–Crippen MR) is 53.3 cm³/mol. The minimum Gasteiger partial charge on any atom is -0.351 e. The average Bonchev–Trinajstić information content (AvgIpc) is 2.19. The van der Waals surface area contributed by atoms with Crippen molar-refractivity contribution in [2.75, 3.05) is 20.1 Å². The lowest BCUT2D eigenvalue weighted by molar-refractivity contribution is 0.0954. The summed E-state index contributed by atoms with van der Waals surface area (Å²) < 4.78 is 0. The topological polar surface area (TPSA) is 74.0 Å². The summed E-state index contributed by atoms with van der Waals surface area (Å²) in [6.07, 6.45) is 1.40. The molecular formula is C9H13N3O2. The van der Waals surface area contributed by atoms with Crippen LogP contribution in [0.25, 0.3) is 0 Å². The highest BCUT2D eigenvalue weighted by Gasteiger charge is 2.02. The van der Waals surface area contributed by atoms with Gasteiger partial charge in [0.15, 0.2) is 0 Å². The van der Waals surface area contributed by atoms with Gasteiger partial charge in [-0.25, -0.2) is 0 Å². The number of hydrogen-bond donors (Lipinski definition) is 3. The van der Waals surface area contributed by atoms with Crippen molar-refractivity contribution in [1.29, 1.82) is 0 Å². The van der Waals surface area contributed by atoms with Crippen LogP contribution in [-0.2, 0) is 0 Å². The lowest BCUT2D eigenvalue weighted by Gasteiger charge is -2.03. The predicted octanol–water partition coefficient (Wildman–Crippen LogP) is -0.676. The number of aromatic amines is 1. The molecule has 1 rings (SSSR count). The van der Waals surface area contributed by atoms with Crippen molar-refractivity contribution in [3.05, 3.63) is 34.2 Å². The Bertz CT molecular complexity index is 339. The molecule has 1 aromatic rings. The Labute approximate surface area is 81.5 Å². The molecule has 0 spiro atoms. The van der Waals surface area contributed by atoms with E-state index in [1.807, 2.05) is 7.05 Å². The Hall–Kier alpha value is -1.62. The Morgan fingerprint density at radius 1 is 1.43 bits per heavy atom. The quantitative estimate of drug-likeness (QED) is 0.557. The number of carbonyl (C=O) groups excluding carboxylic acids is 1. The second-order valence-electron chi connectivity index (χ2n) is 2.80. The molecule has 1 amide bonds. The third-order valence-electron chi connectivity index (χ3n) is 1.71. The lowest BCUT2D eigenvalue weighted by Crippen LogP contribution is -2.30. The second kappa shape index (κ2) is 5.18. The number of pyridine rings is 1. The van der Waals surface area contributed by atoms with Gasteiger partial charge >= 0.3 is 0 Å². The number of carbonyl (C=O) groups is 1. The summed E-state index contributed by atoms with van der Waals surface area (Å²) in [7, 11) is 1.81. The lowest BCUT2D eigenvalue weighted by atomic mass is 10.3. The van der Waals surface area contributed by atoms with E-state index in [9.17, 15) is 9.59 Å². The van der Waals surface area contributed by atoms with Gasteiger partial charge in [-0.15, -0.1) is 0 Å². The molecule has 5 nitrogen and oxygen atoms in total. The van der Waals surface area contributed by atoms with Crippen molar-refractivity contribution < 1.29 is 4.79 Å². The summed E-state index contributed by atoms with van der Waals surface area (Å²) in [6, 6.07) is 2.82.